The van der Waals surface area contributed by atoms with E-state index in [-0.39, 0.29) is 18.1 Å². The molecule has 0 bridgehead atoms. The van der Waals surface area contributed by atoms with Crippen LogP contribution in [0.25, 0.3) is 5.69 Å². The number of aryl methyl sites for hydroxylation is 1. The van der Waals surface area contributed by atoms with Crippen LogP contribution in [0.3, 0.4) is 0 Å². The zero-order valence-electron chi connectivity index (χ0n) is 17.0. The molecule has 0 aliphatic carbocycles. The van der Waals surface area contributed by atoms with Gasteiger partial charge in [-0.2, -0.15) is 5.10 Å². The number of amides is 2. The van der Waals surface area contributed by atoms with E-state index in [2.05, 4.69) is 10.4 Å². The first-order valence-electron chi connectivity index (χ1n) is 9.97. The predicted octanol–water partition coefficient (Wildman–Crippen LogP) is 3.25. The molecule has 3 aromatic rings. The number of hydrogen-bond donors (Lipinski definition) is 1. The van der Waals surface area contributed by atoms with Crippen molar-refractivity contribution in [3.05, 3.63) is 86.8 Å². The lowest BCUT2D eigenvalue weighted by Crippen LogP contribution is -2.31. The van der Waals surface area contributed by atoms with Gasteiger partial charge in [-0.3, -0.25) is 14.4 Å². The molecular formula is C23H21ClN4O3. The molecule has 2 amide bonds. The monoisotopic (exact) mass is 436 g/mol. The van der Waals surface area contributed by atoms with Crippen molar-refractivity contribution in [2.75, 3.05) is 11.4 Å². The first-order valence-corrected chi connectivity index (χ1v) is 10.4. The molecule has 1 aliphatic heterocycles. The van der Waals surface area contributed by atoms with Crippen LogP contribution >= 0.6 is 11.6 Å². The number of aromatic nitrogens is 2. The number of nitrogens with zero attached hydrogens (tertiary/aromatic N) is 3. The lowest BCUT2D eigenvalue weighted by molar-refractivity contribution is -0.117. The first kappa shape index (κ1) is 20.8. The Morgan fingerprint density at radius 2 is 1.87 bits per heavy atom. The fraction of sp³-hybridized carbons (Fsp3) is 0.217. The second-order valence-electron chi connectivity index (χ2n) is 7.36. The Morgan fingerprint density at radius 3 is 2.55 bits per heavy atom. The van der Waals surface area contributed by atoms with Crippen molar-refractivity contribution in [3.63, 3.8) is 0 Å². The highest BCUT2D eigenvalue weighted by atomic mass is 35.5. The SMILES string of the molecule is Cc1cc(=O)c(C(=O)NCc2ccc(N3CCCC3=O)cc2)nn1-c1ccccc1Cl. The molecule has 31 heavy (non-hydrogen) atoms. The van der Waals surface area contributed by atoms with Crippen LogP contribution in [0.2, 0.25) is 5.02 Å². The van der Waals surface area contributed by atoms with Crippen LogP contribution in [0.1, 0.15) is 34.6 Å². The van der Waals surface area contributed by atoms with Gasteiger partial charge in [0, 0.05) is 37.0 Å². The van der Waals surface area contributed by atoms with Crippen molar-refractivity contribution in [3.8, 4) is 5.69 Å². The van der Waals surface area contributed by atoms with Crippen molar-refractivity contribution >= 4 is 29.1 Å². The maximum absolute atomic E-state index is 12.7. The van der Waals surface area contributed by atoms with Crippen LogP contribution in [-0.4, -0.2) is 28.1 Å². The fourth-order valence-electron chi connectivity index (χ4n) is 3.55. The summed E-state index contributed by atoms with van der Waals surface area (Å²) in [5.74, 6) is -0.439. The lowest BCUT2D eigenvalue weighted by Gasteiger charge is -2.16. The molecule has 0 unspecified atom stereocenters. The Labute approximate surface area is 184 Å². The van der Waals surface area contributed by atoms with E-state index in [1.54, 1.807) is 36.1 Å². The third-order valence-electron chi connectivity index (χ3n) is 5.18. The molecule has 1 aromatic heterocycles. The van der Waals surface area contributed by atoms with Gasteiger partial charge in [0.15, 0.2) is 5.69 Å². The molecule has 4 rings (SSSR count). The number of para-hydroxylation sites is 1. The summed E-state index contributed by atoms with van der Waals surface area (Å²) in [6.45, 7) is 2.69. The minimum Gasteiger partial charge on any atom is -0.346 e. The Kier molecular flexibility index (Phi) is 5.86. The number of carbonyl (C=O) groups is 2. The van der Waals surface area contributed by atoms with Gasteiger partial charge in [-0.1, -0.05) is 35.9 Å². The summed E-state index contributed by atoms with van der Waals surface area (Å²) in [4.78, 5) is 38.7. The topological polar surface area (TPSA) is 84.3 Å². The van der Waals surface area contributed by atoms with E-state index >= 15 is 0 Å². The highest BCUT2D eigenvalue weighted by Gasteiger charge is 2.21. The molecule has 158 valence electrons. The van der Waals surface area contributed by atoms with E-state index in [9.17, 15) is 14.4 Å². The summed E-state index contributed by atoms with van der Waals surface area (Å²) < 4.78 is 1.49. The van der Waals surface area contributed by atoms with Crippen molar-refractivity contribution in [2.24, 2.45) is 0 Å². The summed E-state index contributed by atoms with van der Waals surface area (Å²) in [5.41, 5.74) is 2.19. The average Bonchev–Trinajstić information content (AvgIpc) is 3.19. The van der Waals surface area contributed by atoms with E-state index < -0.39 is 11.3 Å². The Balaban J connectivity index is 1.50. The van der Waals surface area contributed by atoms with Gasteiger partial charge in [-0.25, -0.2) is 4.68 Å². The number of nitrogens with one attached hydrogen (secondary N) is 1. The summed E-state index contributed by atoms with van der Waals surface area (Å²) in [6.07, 6.45) is 1.44. The molecule has 0 radical (unpaired) electrons. The third-order valence-corrected chi connectivity index (χ3v) is 5.50. The second kappa shape index (κ2) is 8.73. The smallest absolute Gasteiger partial charge is 0.276 e. The molecule has 8 heteroatoms. The maximum Gasteiger partial charge on any atom is 0.276 e. The molecule has 1 N–H and O–H groups in total. The third kappa shape index (κ3) is 4.36. The average molecular weight is 437 g/mol. The molecule has 2 aromatic carbocycles. The number of benzene rings is 2. The molecular weight excluding hydrogens is 416 g/mol. The summed E-state index contributed by atoms with van der Waals surface area (Å²) in [7, 11) is 0. The Morgan fingerprint density at radius 1 is 1.13 bits per heavy atom. The second-order valence-corrected chi connectivity index (χ2v) is 7.77. The molecule has 0 atom stereocenters. The number of carbonyl (C=O) groups excluding carboxylic acids is 2. The summed E-state index contributed by atoms with van der Waals surface area (Å²) in [6, 6.07) is 15.9. The number of halogens is 1. The van der Waals surface area contributed by atoms with Crippen molar-refractivity contribution in [1.82, 2.24) is 15.1 Å². The highest BCUT2D eigenvalue weighted by Crippen LogP contribution is 2.22. The van der Waals surface area contributed by atoms with Gasteiger partial charge >= 0.3 is 0 Å². The van der Waals surface area contributed by atoms with Gasteiger partial charge in [0.2, 0.25) is 11.3 Å². The van der Waals surface area contributed by atoms with Gasteiger partial charge in [0.05, 0.1) is 10.7 Å². The normalized spacial score (nSPS) is 13.5. The largest absolute Gasteiger partial charge is 0.346 e. The Hall–Kier alpha value is -3.45. The molecule has 2 heterocycles. The zero-order chi connectivity index (χ0) is 22.0. The van der Waals surface area contributed by atoms with Crippen LogP contribution in [0, 0.1) is 6.92 Å². The first-order chi connectivity index (χ1) is 14.9. The van der Waals surface area contributed by atoms with Gasteiger partial charge in [0.1, 0.15) is 0 Å². The Bertz CT molecular complexity index is 1200. The molecule has 7 nitrogen and oxygen atoms in total. The van der Waals surface area contributed by atoms with Crippen LogP contribution in [0.4, 0.5) is 5.69 Å². The zero-order valence-corrected chi connectivity index (χ0v) is 17.7. The van der Waals surface area contributed by atoms with Crippen LogP contribution in [0.15, 0.2) is 59.4 Å². The quantitative estimate of drug-likeness (QED) is 0.665. The molecule has 0 spiro atoms. The molecule has 1 fully saturated rings. The van der Waals surface area contributed by atoms with E-state index in [0.717, 1.165) is 24.2 Å². The highest BCUT2D eigenvalue weighted by molar-refractivity contribution is 6.32. The minimum absolute atomic E-state index is 0.126. The summed E-state index contributed by atoms with van der Waals surface area (Å²) >= 11 is 6.25. The van der Waals surface area contributed by atoms with Crippen molar-refractivity contribution < 1.29 is 9.59 Å². The van der Waals surface area contributed by atoms with Crippen LogP contribution in [-0.2, 0) is 11.3 Å². The van der Waals surface area contributed by atoms with E-state index in [4.69, 9.17) is 11.6 Å². The fourth-order valence-corrected chi connectivity index (χ4v) is 3.77. The minimum atomic E-state index is -0.565. The molecule has 0 saturated carbocycles. The van der Waals surface area contributed by atoms with E-state index in [0.29, 0.717) is 22.8 Å². The standard InChI is InChI=1S/C23H21ClN4O3/c1-15-13-20(29)22(26-28(15)19-6-3-2-5-18(19)24)23(31)25-14-16-8-10-17(11-9-16)27-12-4-7-21(27)30/h2-3,5-6,8-11,13H,4,7,12,14H2,1H3,(H,25,31). The number of hydrogen-bond acceptors (Lipinski definition) is 4. The number of rotatable bonds is 5. The van der Waals surface area contributed by atoms with Gasteiger partial charge in [-0.05, 0) is 43.2 Å². The molecule has 1 aliphatic rings. The maximum atomic E-state index is 12.7. The van der Waals surface area contributed by atoms with E-state index in [1.165, 1.54) is 10.7 Å². The van der Waals surface area contributed by atoms with Gasteiger partial charge in [-0.15, -0.1) is 0 Å². The predicted molar refractivity (Wildman–Crippen MR) is 119 cm³/mol. The van der Waals surface area contributed by atoms with Crippen molar-refractivity contribution in [1.29, 1.82) is 0 Å². The summed E-state index contributed by atoms with van der Waals surface area (Å²) in [5, 5.41) is 7.45. The number of anilines is 1. The van der Waals surface area contributed by atoms with E-state index in [1.807, 2.05) is 24.3 Å². The van der Waals surface area contributed by atoms with Crippen molar-refractivity contribution in [2.45, 2.75) is 26.3 Å². The lowest BCUT2D eigenvalue weighted by atomic mass is 10.2. The van der Waals surface area contributed by atoms with Crippen LogP contribution in [0.5, 0.6) is 0 Å². The van der Waals surface area contributed by atoms with Gasteiger partial charge in [0.25, 0.3) is 5.91 Å². The van der Waals surface area contributed by atoms with Gasteiger partial charge < -0.3 is 10.2 Å². The molecule has 1 saturated heterocycles. The van der Waals surface area contributed by atoms with Crippen LogP contribution < -0.4 is 15.6 Å².